The van der Waals surface area contributed by atoms with E-state index in [1.54, 1.807) is 18.3 Å². The van der Waals surface area contributed by atoms with Gasteiger partial charge in [-0.1, -0.05) is 11.6 Å². The Morgan fingerprint density at radius 1 is 1.37 bits per heavy atom. The fourth-order valence-corrected chi connectivity index (χ4v) is 3.72. The molecule has 0 radical (unpaired) electrons. The number of nitrogens with one attached hydrogen (secondary N) is 1. The predicted molar refractivity (Wildman–Crippen MR) is 102 cm³/mol. The highest BCUT2D eigenvalue weighted by molar-refractivity contribution is 6.30. The number of pyridine rings is 1. The van der Waals surface area contributed by atoms with Gasteiger partial charge >= 0.3 is 0 Å². The third-order valence-corrected chi connectivity index (χ3v) is 5.08. The van der Waals surface area contributed by atoms with E-state index < -0.39 is 5.82 Å². The van der Waals surface area contributed by atoms with Crippen LogP contribution in [0.25, 0.3) is 10.8 Å². The molecule has 4 rings (SSSR count). The lowest BCUT2D eigenvalue weighted by atomic mass is 10.0. The Morgan fingerprint density at radius 3 is 2.96 bits per heavy atom. The molecule has 0 aliphatic carbocycles. The molecular formula is C19H20ClFN4O2. The zero-order chi connectivity index (χ0) is 19.0. The minimum Gasteiger partial charge on any atom is -0.494 e. The normalized spacial score (nSPS) is 20.0. The Hall–Kier alpha value is -2.38. The van der Waals surface area contributed by atoms with Crippen LogP contribution in [0.5, 0.6) is 5.75 Å². The molecule has 8 heteroatoms. The molecule has 3 aromatic rings. The number of methoxy groups -OCH3 is 1. The number of anilines is 1. The van der Waals surface area contributed by atoms with Crippen LogP contribution in [-0.4, -0.2) is 34.5 Å². The van der Waals surface area contributed by atoms with Crippen LogP contribution in [0.4, 0.5) is 10.2 Å². The second kappa shape index (κ2) is 7.32. The van der Waals surface area contributed by atoms with Crippen LogP contribution in [0.1, 0.15) is 24.6 Å². The van der Waals surface area contributed by atoms with E-state index in [0.717, 1.165) is 23.9 Å². The third-order valence-electron chi connectivity index (χ3n) is 4.89. The van der Waals surface area contributed by atoms with Gasteiger partial charge < -0.3 is 14.8 Å². The first-order chi connectivity index (χ1) is 13.0. The quantitative estimate of drug-likeness (QED) is 0.679. The summed E-state index contributed by atoms with van der Waals surface area (Å²) in [5.74, 6) is 0.362. The maximum atomic E-state index is 14.1. The molecule has 2 unspecified atom stereocenters. The summed E-state index contributed by atoms with van der Waals surface area (Å²) < 4.78 is 26.9. The average molecular weight is 391 g/mol. The molecule has 0 bridgehead atoms. The molecule has 27 heavy (non-hydrogen) atoms. The number of ether oxygens (including phenoxy) is 2. The summed E-state index contributed by atoms with van der Waals surface area (Å²) in [6, 6.07) is 6.81. The fourth-order valence-electron chi connectivity index (χ4n) is 3.51. The zero-order valence-electron chi connectivity index (χ0n) is 15.1. The second-order valence-electron chi connectivity index (χ2n) is 6.61. The first-order valence-corrected chi connectivity index (χ1v) is 9.13. The number of hydrogen-bond acceptors (Lipinski definition) is 5. The maximum Gasteiger partial charge on any atom is 0.165 e. The first kappa shape index (κ1) is 18.0. The lowest BCUT2D eigenvalue weighted by molar-refractivity contribution is 0.00500. The Balaban J connectivity index is 1.63. The van der Waals surface area contributed by atoms with Gasteiger partial charge in [-0.25, -0.2) is 9.37 Å². The van der Waals surface area contributed by atoms with Gasteiger partial charge in [0.25, 0.3) is 0 Å². The third kappa shape index (κ3) is 3.57. The molecule has 1 aliphatic rings. The number of fused-ring (bicyclic) bond motifs is 1. The zero-order valence-corrected chi connectivity index (χ0v) is 15.8. The SMILES string of the molecule is COc1cc2c(NC3CCOC(c4ccnn4C)C3)nc(Cl)cc2cc1F. The van der Waals surface area contributed by atoms with E-state index in [2.05, 4.69) is 15.4 Å². The van der Waals surface area contributed by atoms with Crippen molar-refractivity contribution in [3.8, 4) is 5.75 Å². The van der Waals surface area contributed by atoms with Crippen molar-refractivity contribution in [1.82, 2.24) is 14.8 Å². The van der Waals surface area contributed by atoms with E-state index in [1.165, 1.54) is 13.2 Å². The van der Waals surface area contributed by atoms with Crippen LogP contribution in [0, 0.1) is 5.82 Å². The molecule has 2 aromatic heterocycles. The molecule has 6 nitrogen and oxygen atoms in total. The molecule has 1 fully saturated rings. The summed E-state index contributed by atoms with van der Waals surface area (Å²) in [7, 11) is 3.35. The molecule has 0 amide bonds. The van der Waals surface area contributed by atoms with Gasteiger partial charge in [-0.05, 0) is 42.5 Å². The summed E-state index contributed by atoms with van der Waals surface area (Å²) in [5.41, 5.74) is 1.04. The van der Waals surface area contributed by atoms with Crippen molar-refractivity contribution < 1.29 is 13.9 Å². The maximum absolute atomic E-state index is 14.1. The Labute approximate surface area is 161 Å². The molecule has 1 aromatic carbocycles. The van der Waals surface area contributed by atoms with Gasteiger partial charge in [0.2, 0.25) is 0 Å². The number of benzene rings is 1. The number of halogens is 2. The van der Waals surface area contributed by atoms with Crippen molar-refractivity contribution in [2.45, 2.75) is 25.0 Å². The van der Waals surface area contributed by atoms with E-state index >= 15 is 0 Å². The van der Waals surface area contributed by atoms with Gasteiger partial charge in [-0.3, -0.25) is 4.68 Å². The van der Waals surface area contributed by atoms with Crippen LogP contribution < -0.4 is 10.1 Å². The van der Waals surface area contributed by atoms with Gasteiger partial charge in [-0.2, -0.15) is 5.10 Å². The molecule has 0 spiro atoms. The monoisotopic (exact) mass is 390 g/mol. The molecule has 3 heterocycles. The molecule has 1 N–H and O–H groups in total. The van der Waals surface area contributed by atoms with Crippen molar-refractivity contribution in [3.05, 3.63) is 47.1 Å². The standard InChI is InChI=1S/C19H20ClFN4O2/c1-25-15(3-5-22-25)17-9-12(4-6-27-17)23-19-13-10-16(26-2)14(21)7-11(13)8-18(20)24-19/h3,5,7-8,10,12,17H,4,6,9H2,1-2H3,(H,23,24). The summed E-state index contributed by atoms with van der Waals surface area (Å²) in [6.45, 7) is 0.629. The van der Waals surface area contributed by atoms with Crippen LogP contribution in [0.3, 0.4) is 0 Å². The largest absolute Gasteiger partial charge is 0.494 e. The highest BCUT2D eigenvalue weighted by Crippen LogP contribution is 2.34. The lowest BCUT2D eigenvalue weighted by Gasteiger charge is -2.30. The van der Waals surface area contributed by atoms with Crippen LogP contribution in [-0.2, 0) is 11.8 Å². The van der Waals surface area contributed by atoms with E-state index in [1.807, 2.05) is 17.8 Å². The van der Waals surface area contributed by atoms with E-state index in [4.69, 9.17) is 21.1 Å². The Morgan fingerprint density at radius 2 is 2.22 bits per heavy atom. The van der Waals surface area contributed by atoms with E-state index in [0.29, 0.717) is 23.0 Å². The van der Waals surface area contributed by atoms with E-state index in [9.17, 15) is 4.39 Å². The number of hydrogen-bond donors (Lipinski definition) is 1. The molecular weight excluding hydrogens is 371 g/mol. The fraction of sp³-hybridized carbons (Fsp3) is 0.368. The van der Waals surface area contributed by atoms with Crippen molar-refractivity contribution in [3.63, 3.8) is 0 Å². The van der Waals surface area contributed by atoms with Gasteiger partial charge in [0.05, 0.1) is 12.8 Å². The highest BCUT2D eigenvalue weighted by Gasteiger charge is 2.26. The van der Waals surface area contributed by atoms with Crippen LogP contribution in [0.2, 0.25) is 5.15 Å². The first-order valence-electron chi connectivity index (χ1n) is 8.75. The number of rotatable bonds is 4. The number of nitrogens with zero attached hydrogens (tertiary/aromatic N) is 3. The summed E-state index contributed by atoms with van der Waals surface area (Å²) in [5, 5.41) is 9.43. The minimum absolute atomic E-state index is 0.0406. The Kier molecular flexibility index (Phi) is 4.88. The molecule has 1 saturated heterocycles. The Bertz CT molecular complexity index is 978. The van der Waals surface area contributed by atoms with Crippen LogP contribution >= 0.6 is 11.6 Å². The summed E-state index contributed by atoms with van der Waals surface area (Å²) in [4.78, 5) is 4.42. The number of aromatic nitrogens is 3. The number of aryl methyl sites for hydroxylation is 1. The molecule has 142 valence electrons. The summed E-state index contributed by atoms with van der Waals surface area (Å²) in [6.07, 6.45) is 3.33. The van der Waals surface area contributed by atoms with E-state index in [-0.39, 0.29) is 17.9 Å². The van der Waals surface area contributed by atoms with Gasteiger partial charge in [0.1, 0.15) is 17.1 Å². The van der Waals surface area contributed by atoms with Crippen LogP contribution in [0.15, 0.2) is 30.5 Å². The molecule has 2 atom stereocenters. The van der Waals surface area contributed by atoms with Gasteiger partial charge in [0.15, 0.2) is 11.6 Å². The van der Waals surface area contributed by atoms with Crippen molar-refractivity contribution in [1.29, 1.82) is 0 Å². The lowest BCUT2D eigenvalue weighted by Crippen LogP contribution is -2.31. The minimum atomic E-state index is -0.430. The van der Waals surface area contributed by atoms with Gasteiger partial charge in [-0.15, -0.1) is 0 Å². The van der Waals surface area contributed by atoms with Gasteiger partial charge in [0, 0.05) is 31.3 Å². The van der Waals surface area contributed by atoms with Crippen molar-refractivity contribution >= 4 is 28.2 Å². The topological polar surface area (TPSA) is 61.2 Å². The molecule has 1 aliphatic heterocycles. The van der Waals surface area contributed by atoms with Crippen molar-refractivity contribution in [2.75, 3.05) is 19.0 Å². The summed E-state index contributed by atoms with van der Waals surface area (Å²) >= 11 is 6.16. The highest BCUT2D eigenvalue weighted by atomic mass is 35.5. The molecule has 0 saturated carbocycles. The van der Waals surface area contributed by atoms with Crippen molar-refractivity contribution in [2.24, 2.45) is 7.05 Å². The average Bonchev–Trinajstić information content (AvgIpc) is 3.07. The predicted octanol–water partition coefficient (Wildman–Crippen LogP) is 4.10. The second-order valence-corrected chi connectivity index (χ2v) is 6.99. The smallest absolute Gasteiger partial charge is 0.165 e.